The summed E-state index contributed by atoms with van der Waals surface area (Å²) in [7, 11) is 0. The SMILES string of the molecule is Cc1c(C)c2ccc(OCc3nnc(C4CC4)s3)cc2oc1=S. The molecule has 0 N–H and O–H groups in total. The molecule has 0 aliphatic heterocycles. The van der Waals surface area contributed by atoms with Crippen molar-refractivity contribution in [2.75, 3.05) is 0 Å². The highest BCUT2D eigenvalue weighted by Gasteiger charge is 2.27. The summed E-state index contributed by atoms with van der Waals surface area (Å²) >= 11 is 6.91. The van der Waals surface area contributed by atoms with Crippen molar-refractivity contribution in [1.29, 1.82) is 0 Å². The van der Waals surface area contributed by atoms with Crippen molar-refractivity contribution in [3.05, 3.63) is 44.0 Å². The van der Waals surface area contributed by atoms with Gasteiger partial charge in [-0.3, -0.25) is 0 Å². The number of benzene rings is 1. The van der Waals surface area contributed by atoms with Gasteiger partial charge in [0.15, 0.2) is 9.71 Å². The molecule has 118 valence electrons. The highest BCUT2D eigenvalue weighted by Crippen LogP contribution is 2.41. The Balaban J connectivity index is 1.56. The van der Waals surface area contributed by atoms with Gasteiger partial charge in [-0.05, 0) is 56.6 Å². The standard InChI is InChI=1S/C17H16N2O2S2/c1-9-10(2)17(22)21-14-7-12(5-6-13(9)14)20-8-15-18-19-16(23-15)11-3-4-11/h5-7,11H,3-4,8H2,1-2H3. The minimum atomic E-state index is 0.432. The predicted molar refractivity (Wildman–Crippen MR) is 92.7 cm³/mol. The summed E-state index contributed by atoms with van der Waals surface area (Å²) < 4.78 is 12.1. The van der Waals surface area contributed by atoms with Gasteiger partial charge >= 0.3 is 0 Å². The lowest BCUT2D eigenvalue weighted by Crippen LogP contribution is -1.95. The molecule has 1 aliphatic rings. The minimum absolute atomic E-state index is 0.432. The Morgan fingerprint density at radius 1 is 1.26 bits per heavy atom. The summed E-state index contributed by atoms with van der Waals surface area (Å²) in [6.07, 6.45) is 2.48. The van der Waals surface area contributed by atoms with E-state index < -0.39 is 0 Å². The molecule has 0 radical (unpaired) electrons. The van der Waals surface area contributed by atoms with Gasteiger partial charge in [-0.15, -0.1) is 10.2 Å². The number of nitrogens with zero attached hydrogens (tertiary/aromatic N) is 2. The second-order valence-corrected chi connectivity index (χ2v) is 7.36. The van der Waals surface area contributed by atoms with E-state index >= 15 is 0 Å². The van der Waals surface area contributed by atoms with Crippen molar-refractivity contribution in [2.24, 2.45) is 0 Å². The second-order valence-electron chi connectivity index (χ2n) is 5.89. The molecule has 4 rings (SSSR count). The molecule has 2 heterocycles. The van der Waals surface area contributed by atoms with Gasteiger partial charge < -0.3 is 9.15 Å². The fourth-order valence-corrected chi connectivity index (χ4v) is 3.65. The monoisotopic (exact) mass is 344 g/mol. The van der Waals surface area contributed by atoms with Gasteiger partial charge in [0.2, 0.25) is 0 Å². The molecule has 4 nitrogen and oxygen atoms in total. The van der Waals surface area contributed by atoms with Crippen LogP contribution in [0.2, 0.25) is 0 Å². The summed E-state index contributed by atoms with van der Waals surface area (Å²) in [6, 6.07) is 5.86. The molecular formula is C17H16N2O2S2. The van der Waals surface area contributed by atoms with Crippen LogP contribution in [0.1, 0.15) is 39.9 Å². The number of hydrogen-bond acceptors (Lipinski definition) is 6. The van der Waals surface area contributed by atoms with E-state index in [9.17, 15) is 0 Å². The first-order valence-corrected chi connectivity index (χ1v) is 8.83. The molecule has 23 heavy (non-hydrogen) atoms. The molecule has 1 aromatic carbocycles. The summed E-state index contributed by atoms with van der Waals surface area (Å²) in [5.41, 5.74) is 2.93. The third-order valence-electron chi connectivity index (χ3n) is 4.20. The molecule has 1 saturated carbocycles. The van der Waals surface area contributed by atoms with Crippen molar-refractivity contribution < 1.29 is 9.15 Å². The van der Waals surface area contributed by atoms with Gasteiger partial charge in [0.1, 0.15) is 22.9 Å². The Labute approximate surface area is 143 Å². The van der Waals surface area contributed by atoms with E-state index in [0.29, 0.717) is 17.2 Å². The van der Waals surface area contributed by atoms with Gasteiger partial charge in [0.05, 0.1) is 0 Å². The number of aryl methyl sites for hydroxylation is 1. The van der Waals surface area contributed by atoms with Crippen LogP contribution in [-0.2, 0) is 6.61 Å². The molecule has 0 spiro atoms. The van der Waals surface area contributed by atoms with Gasteiger partial charge in [-0.1, -0.05) is 11.3 Å². The number of rotatable bonds is 4. The average Bonchev–Trinajstić information content (AvgIpc) is 3.29. The third kappa shape index (κ3) is 2.88. The van der Waals surface area contributed by atoms with Crippen molar-refractivity contribution in [3.63, 3.8) is 0 Å². The van der Waals surface area contributed by atoms with E-state index in [2.05, 4.69) is 17.1 Å². The number of hydrogen-bond donors (Lipinski definition) is 0. The molecule has 0 saturated heterocycles. The van der Waals surface area contributed by atoms with Crippen molar-refractivity contribution in [2.45, 2.75) is 39.2 Å². The molecule has 0 amide bonds. The third-order valence-corrected chi connectivity index (χ3v) is 5.65. The molecule has 1 aliphatic carbocycles. The maximum atomic E-state index is 5.84. The molecule has 1 fully saturated rings. The predicted octanol–water partition coefficient (Wildman–Crippen LogP) is 5.09. The molecule has 2 aromatic heterocycles. The van der Waals surface area contributed by atoms with Crippen LogP contribution in [0.4, 0.5) is 0 Å². The first kappa shape index (κ1) is 14.8. The summed E-state index contributed by atoms with van der Waals surface area (Å²) in [4.78, 5) is 0. The quantitative estimate of drug-likeness (QED) is 0.617. The highest BCUT2D eigenvalue weighted by molar-refractivity contribution is 7.71. The lowest BCUT2D eigenvalue weighted by Gasteiger charge is -2.08. The zero-order valence-electron chi connectivity index (χ0n) is 13.0. The largest absolute Gasteiger partial charge is 0.486 e. The summed E-state index contributed by atoms with van der Waals surface area (Å²) in [5.74, 6) is 1.39. The molecule has 3 aromatic rings. The first-order chi connectivity index (χ1) is 11.1. The molecule has 0 unspecified atom stereocenters. The van der Waals surface area contributed by atoms with Crippen molar-refractivity contribution in [3.8, 4) is 5.75 Å². The fraction of sp³-hybridized carbons (Fsp3) is 0.353. The number of aromatic nitrogens is 2. The Kier molecular flexibility index (Phi) is 3.66. The molecular weight excluding hydrogens is 328 g/mol. The van der Waals surface area contributed by atoms with Crippen molar-refractivity contribution >= 4 is 34.5 Å². The normalized spacial score (nSPS) is 14.3. The molecule has 0 atom stereocenters. The number of fused-ring (bicyclic) bond motifs is 1. The van der Waals surface area contributed by atoms with Crippen LogP contribution < -0.4 is 4.74 Å². The van der Waals surface area contributed by atoms with Crippen LogP contribution in [0.3, 0.4) is 0 Å². The van der Waals surface area contributed by atoms with Crippen molar-refractivity contribution in [1.82, 2.24) is 10.2 Å². The average molecular weight is 344 g/mol. The first-order valence-electron chi connectivity index (χ1n) is 7.61. The van der Waals surface area contributed by atoms with E-state index in [0.717, 1.165) is 37.9 Å². The topological polar surface area (TPSA) is 48.2 Å². The van der Waals surface area contributed by atoms with Gasteiger partial charge in [-0.25, -0.2) is 0 Å². The zero-order valence-corrected chi connectivity index (χ0v) is 14.6. The molecule has 0 bridgehead atoms. The van der Waals surface area contributed by atoms with E-state index in [-0.39, 0.29) is 0 Å². The maximum absolute atomic E-state index is 5.84. The van der Waals surface area contributed by atoms with Crippen LogP contribution in [0, 0.1) is 18.6 Å². The van der Waals surface area contributed by atoms with E-state index in [1.807, 2.05) is 25.1 Å². The fourth-order valence-electron chi connectivity index (χ4n) is 2.48. The van der Waals surface area contributed by atoms with E-state index in [4.69, 9.17) is 21.4 Å². The smallest absolute Gasteiger partial charge is 0.193 e. The lowest BCUT2D eigenvalue weighted by molar-refractivity contribution is 0.304. The van der Waals surface area contributed by atoms with Crippen LogP contribution >= 0.6 is 23.6 Å². The van der Waals surface area contributed by atoms with Gasteiger partial charge in [0, 0.05) is 22.9 Å². The van der Waals surface area contributed by atoms with Crippen LogP contribution in [0.5, 0.6) is 5.75 Å². The Morgan fingerprint density at radius 3 is 2.87 bits per heavy atom. The van der Waals surface area contributed by atoms with Gasteiger partial charge in [0.25, 0.3) is 0 Å². The van der Waals surface area contributed by atoms with Crippen LogP contribution in [0.15, 0.2) is 22.6 Å². The Hall–Kier alpha value is -1.79. The molecule has 6 heteroatoms. The second kappa shape index (κ2) is 5.69. The Morgan fingerprint density at radius 2 is 2.09 bits per heavy atom. The zero-order chi connectivity index (χ0) is 16.0. The number of ether oxygens (including phenoxy) is 1. The van der Waals surface area contributed by atoms with E-state index in [1.165, 1.54) is 12.8 Å². The van der Waals surface area contributed by atoms with Crippen LogP contribution in [-0.4, -0.2) is 10.2 Å². The van der Waals surface area contributed by atoms with Gasteiger partial charge in [-0.2, -0.15) is 0 Å². The van der Waals surface area contributed by atoms with Crippen LogP contribution in [0.25, 0.3) is 11.0 Å². The Bertz CT molecular complexity index is 941. The minimum Gasteiger partial charge on any atom is -0.486 e. The lowest BCUT2D eigenvalue weighted by atomic mass is 10.1. The maximum Gasteiger partial charge on any atom is 0.193 e. The summed E-state index contributed by atoms with van der Waals surface area (Å²) in [6.45, 7) is 4.48. The summed E-state index contributed by atoms with van der Waals surface area (Å²) in [5, 5.41) is 11.5. The highest BCUT2D eigenvalue weighted by atomic mass is 32.1. The van der Waals surface area contributed by atoms with E-state index in [1.54, 1.807) is 11.3 Å².